The zero-order valence-electron chi connectivity index (χ0n) is 4.80. The Morgan fingerprint density at radius 3 is 2.90 bits per heavy atom. The highest BCUT2D eigenvalue weighted by Gasteiger charge is 2.01. The van der Waals surface area contributed by atoms with Crippen LogP contribution in [0.15, 0.2) is 15.6 Å². The SMILES string of the molecule is O=Cc1nc[nH]c(=O)c1Br. The number of H-pyrrole nitrogens is 1. The summed E-state index contributed by atoms with van der Waals surface area (Å²) in [5, 5.41) is 0. The molecule has 0 aliphatic rings. The second kappa shape index (κ2) is 2.74. The highest BCUT2D eigenvalue weighted by molar-refractivity contribution is 9.10. The largest absolute Gasteiger partial charge is 0.312 e. The lowest BCUT2D eigenvalue weighted by molar-refractivity contribution is 0.111. The zero-order chi connectivity index (χ0) is 7.56. The number of nitrogens with zero attached hydrogens (tertiary/aromatic N) is 1. The number of aromatic nitrogens is 2. The first-order chi connectivity index (χ1) is 4.75. The molecule has 0 bridgehead atoms. The molecule has 0 fully saturated rings. The van der Waals surface area contributed by atoms with E-state index in [9.17, 15) is 9.59 Å². The Bertz CT molecular complexity index is 307. The van der Waals surface area contributed by atoms with Crippen molar-refractivity contribution in [2.45, 2.75) is 0 Å². The predicted molar refractivity (Wildman–Crippen MR) is 37.9 cm³/mol. The van der Waals surface area contributed by atoms with Crippen LogP contribution >= 0.6 is 15.9 Å². The lowest BCUT2D eigenvalue weighted by Crippen LogP contribution is -2.09. The third-order valence-corrected chi connectivity index (χ3v) is 1.70. The van der Waals surface area contributed by atoms with Crippen LogP contribution in [0.1, 0.15) is 10.5 Å². The van der Waals surface area contributed by atoms with Crippen LogP contribution < -0.4 is 5.56 Å². The number of carbonyl (C=O) groups excluding carboxylic acids is 1. The Kier molecular flexibility index (Phi) is 1.96. The van der Waals surface area contributed by atoms with E-state index in [0.29, 0.717) is 6.29 Å². The number of hydrogen-bond acceptors (Lipinski definition) is 3. The van der Waals surface area contributed by atoms with E-state index in [1.165, 1.54) is 6.33 Å². The maximum Gasteiger partial charge on any atom is 0.265 e. The van der Waals surface area contributed by atoms with Crippen LogP contribution in [0.25, 0.3) is 0 Å². The maximum absolute atomic E-state index is 10.7. The van der Waals surface area contributed by atoms with Crippen LogP contribution in [-0.4, -0.2) is 16.3 Å². The minimum absolute atomic E-state index is 0.115. The van der Waals surface area contributed by atoms with Gasteiger partial charge in [0, 0.05) is 0 Å². The smallest absolute Gasteiger partial charge is 0.265 e. The first-order valence-corrected chi connectivity index (χ1v) is 3.23. The van der Waals surface area contributed by atoms with Gasteiger partial charge in [-0.3, -0.25) is 9.59 Å². The first kappa shape index (κ1) is 7.14. The highest BCUT2D eigenvalue weighted by Crippen LogP contribution is 2.03. The molecule has 0 atom stereocenters. The van der Waals surface area contributed by atoms with Crippen molar-refractivity contribution in [2.75, 3.05) is 0 Å². The molecule has 0 spiro atoms. The topological polar surface area (TPSA) is 62.8 Å². The maximum atomic E-state index is 10.7. The molecule has 0 unspecified atom stereocenters. The van der Waals surface area contributed by atoms with Gasteiger partial charge in [-0.1, -0.05) is 0 Å². The van der Waals surface area contributed by atoms with Crippen LogP contribution in [-0.2, 0) is 0 Å². The number of hydrogen-bond donors (Lipinski definition) is 1. The normalized spacial score (nSPS) is 9.30. The summed E-state index contributed by atoms with van der Waals surface area (Å²) in [5.74, 6) is 0. The number of aromatic amines is 1. The Morgan fingerprint density at radius 2 is 2.40 bits per heavy atom. The summed E-state index contributed by atoms with van der Waals surface area (Å²) in [6.45, 7) is 0. The van der Waals surface area contributed by atoms with Gasteiger partial charge in [0.2, 0.25) is 0 Å². The molecule has 0 aliphatic carbocycles. The molecule has 4 nitrogen and oxygen atoms in total. The van der Waals surface area contributed by atoms with Crippen molar-refractivity contribution >= 4 is 22.2 Å². The van der Waals surface area contributed by atoms with Crippen LogP contribution in [0.5, 0.6) is 0 Å². The summed E-state index contributed by atoms with van der Waals surface area (Å²) >= 11 is 2.90. The van der Waals surface area contributed by atoms with Gasteiger partial charge in [-0.05, 0) is 15.9 Å². The Labute approximate surface area is 64.4 Å². The number of nitrogens with one attached hydrogen (secondary N) is 1. The molecule has 1 aromatic heterocycles. The number of rotatable bonds is 1. The third-order valence-electron chi connectivity index (χ3n) is 0.935. The van der Waals surface area contributed by atoms with Crippen LogP contribution in [0.4, 0.5) is 0 Å². The molecule has 10 heavy (non-hydrogen) atoms. The monoisotopic (exact) mass is 202 g/mol. The van der Waals surface area contributed by atoms with E-state index < -0.39 is 0 Å². The predicted octanol–water partition coefficient (Wildman–Crippen LogP) is 0.345. The molecular formula is C5H3BrN2O2. The zero-order valence-corrected chi connectivity index (χ0v) is 6.38. The molecule has 0 saturated heterocycles. The average Bonchev–Trinajstić information content (AvgIpc) is 1.95. The fraction of sp³-hybridized carbons (Fsp3) is 0. The van der Waals surface area contributed by atoms with Gasteiger partial charge in [0.25, 0.3) is 5.56 Å². The van der Waals surface area contributed by atoms with Crippen molar-refractivity contribution < 1.29 is 4.79 Å². The van der Waals surface area contributed by atoms with Gasteiger partial charge >= 0.3 is 0 Å². The van der Waals surface area contributed by atoms with Gasteiger partial charge in [0.05, 0.1) is 6.33 Å². The molecule has 1 rings (SSSR count). The average molecular weight is 203 g/mol. The molecule has 52 valence electrons. The summed E-state index contributed by atoms with van der Waals surface area (Å²) in [5.41, 5.74) is -0.235. The molecule has 1 aromatic rings. The Balaban J connectivity index is 3.41. The molecule has 5 heteroatoms. The van der Waals surface area contributed by atoms with E-state index in [2.05, 4.69) is 25.9 Å². The van der Waals surface area contributed by atoms with Crippen molar-refractivity contribution in [3.8, 4) is 0 Å². The van der Waals surface area contributed by atoms with Crippen molar-refractivity contribution in [3.05, 3.63) is 26.8 Å². The first-order valence-electron chi connectivity index (χ1n) is 2.44. The minimum Gasteiger partial charge on any atom is -0.312 e. The van der Waals surface area contributed by atoms with Gasteiger partial charge in [-0.25, -0.2) is 4.98 Å². The van der Waals surface area contributed by atoms with E-state index >= 15 is 0 Å². The Hall–Kier alpha value is -0.970. The third kappa shape index (κ3) is 1.13. The summed E-state index contributed by atoms with van der Waals surface area (Å²) in [4.78, 5) is 26.7. The van der Waals surface area contributed by atoms with E-state index in [0.717, 1.165) is 0 Å². The molecule has 0 aliphatic heterocycles. The van der Waals surface area contributed by atoms with E-state index in [1.807, 2.05) is 0 Å². The fourth-order valence-corrected chi connectivity index (χ4v) is 0.789. The molecular weight excluding hydrogens is 200 g/mol. The second-order valence-electron chi connectivity index (χ2n) is 1.55. The summed E-state index contributed by atoms with van der Waals surface area (Å²) in [7, 11) is 0. The van der Waals surface area contributed by atoms with Crippen molar-refractivity contribution in [3.63, 3.8) is 0 Å². The summed E-state index contributed by atoms with van der Waals surface area (Å²) < 4.78 is 0.171. The van der Waals surface area contributed by atoms with Crippen molar-refractivity contribution in [2.24, 2.45) is 0 Å². The van der Waals surface area contributed by atoms with Gasteiger partial charge in [0.15, 0.2) is 6.29 Å². The van der Waals surface area contributed by atoms with Crippen molar-refractivity contribution in [1.29, 1.82) is 0 Å². The minimum atomic E-state index is -0.350. The van der Waals surface area contributed by atoms with Gasteiger partial charge < -0.3 is 4.98 Å². The van der Waals surface area contributed by atoms with Gasteiger partial charge in [-0.2, -0.15) is 0 Å². The summed E-state index contributed by atoms with van der Waals surface area (Å²) in [6, 6.07) is 0. The summed E-state index contributed by atoms with van der Waals surface area (Å²) in [6.07, 6.45) is 1.69. The van der Waals surface area contributed by atoms with Crippen LogP contribution in [0, 0.1) is 0 Å². The van der Waals surface area contributed by atoms with E-state index in [-0.39, 0.29) is 15.7 Å². The number of halogens is 1. The quantitative estimate of drug-likeness (QED) is 0.669. The molecule has 0 amide bonds. The Morgan fingerprint density at radius 1 is 1.70 bits per heavy atom. The molecule has 0 saturated carbocycles. The molecule has 1 heterocycles. The standard InChI is InChI=1S/C5H3BrN2O2/c6-4-3(1-9)7-2-8-5(4)10/h1-2H,(H,7,8,10). The van der Waals surface area contributed by atoms with Gasteiger partial charge in [0.1, 0.15) is 10.2 Å². The van der Waals surface area contributed by atoms with E-state index in [4.69, 9.17) is 0 Å². The van der Waals surface area contributed by atoms with Gasteiger partial charge in [-0.15, -0.1) is 0 Å². The van der Waals surface area contributed by atoms with E-state index in [1.54, 1.807) is 0 Å². The number of carbonyl (C=O) groups is 1. The van der Waals surface area contributed by atoms with Crippen LogP contribution in [0.2, 0.25) is 0 Å². The van der Waals surface area contributed by atoms with Crippen molar-refractivity contribution in [1.82, 2.24) is 9.97 Å². The fourth-order valence-electron chi connectivity index (χ4n) is 0.479. The lowest BCUT2D eigenvalue weighted by Gasteiger charge is -1.89. The molecule has 0 radical (unpaired) electrons. The second-order valence-corrected chi connectivity index (χ2v) is 2.34. The molecule has 0 aromatic carbocycles. The van der Waals surface area contributed by atoms with Crippen LogP contribution in [0.3, 0.4) is 0 Å². The number of aldehydes is 1. The lowest BCUT2D eigenvalue weighted by atomic mass is 10.4. The highest BCUT2D eigenvalue weighted by atomic mass is 79.9. The molecule has 1 N–H and O–H groups in total.